The zero-order chi connectivity index (χ0) is 13.0. The van der Waals surface area contributed by atoms with Crippen LogP contribution in [0.4, 0.5) is 0 Å². The molecule has 0 amide bonds. The number of nitrogens with zero attached hydrogens (tertiary/aromatic N) is 1. The molecule has 1 N–H and O–H groups in total. The summed E-state index contributed by atoms with van der Waals surface area (Å²) in [6.07, 6.45) is 5.16. The van der Waals surface area contributed by atoms with Crippen molar-refractivity contribution in [1.29, 1.82) is 0 Å². The van der Waals surface area contributed by atoms with Gasteiger partial charge in [0.05, 0.1) is 0 Å². The van der Waals surface area contributed by atoms with Crippen molar-refractivity contribution in [2.75, 3.05) is 5.43 Å². The fourth-order valence-electron chi connectivity index (χ4n) is 2.49. The second-order valence-corrected chi connectivity index (χ2v) is 5.57. The van der Waals surface area contributed by atoms with Gasteiger partial charge in [0, 0.05) is 18.4 Å². The number of nitrogens with one attached hydrogen (secondary N) is 1. The van der Waals surface area contributed by atoms with Crippen LogP contribution in [0.15, 0.2) is 54.9 Å². The van der Waals surface area contributed by atoms with Gasteiger partial charge in [0.2, 0.25) is 0 Å². The van der Waals surface area contributed by atoms with Crippen LogP contribution in [-0.4, -0.2) is 10.7 Å². The van der Waals surface area contributed by atoms with Gasteiger partial charge in [0.25, 0.3) is 0 Å². The molecule has 2 aromatic rings. The molecule has 0 bridgehead atoms. The second kappa shape index (κ2) is 5.30. The molecule has 2 nitrogen and oxygen atoms in total. The van der Waals surface area contributed by atoms with E-state index in [9.17, 15) is 0 Å². The van der Waals surface area contributed by atoms with Crippen molar-refractivity contribution in [3.8, 4) is 0 Å². The molecule has 1 heterocycles. The van der Waals surface area contributed by atoms with E-state index in [1.807, 2.05) is 29.2 Å². The van der Waals surface area contributed by atoms with E-state index >= 15 is 0 Å². The molecule has 1 unspecified atom stereocenters. The lowest BCUT2D eigenvalue weighted by Crippen LogP contribution is -2.31. The molecule has 0 saturated carbocycles. The SMILES string of the molecule is CC(CC(C)(C)c1ccccc1)Nn1cccc1. The summed E-state index contributed by atoms with van der Waals surface area (Å²) < 4.78 is 2.02. The quantitative estimate of drug-likeness (QED) is 0.844. The number of rotatable bonds is 5. The molecule has 2 heteroatoms. The summed E-state index contributed by atoms with van der Waals surface area (Å²) in [6, 6.07) is 15.2. The van der Waals surface area contributed by atoms with Gasteiger partial charge >= 0.3 is 0 Å². The topological polar surface area (TPSA) is 17.0 Å². The third-order valence-electron chi connectivity index (χ3n) is 3.35. The van der Waals surface area contributed by atoms with Gasteiger partial charge in [0.15, 0.2) is 0 Å². The molecule has 18 heavy (non-hydrogen) atoms. The molecule has 0 radical (unpaired) electrons. The largest absolute Gasteiger partial charge is 0.324 e. The first kappa shape index (κ1) is 12.7. The minimum atomic E-state index is 0.181. The van der Waals surface area contributed by atoms with E-state index in [0.29, 0.717) is 6.04 Å². The van der Waals surface area contributed by atoms with Gasteiger partial charge in [-0.1, -0.05) is 44.2 Å². The van der Waals surface area contributed by atoms with Crippen LogP contribution in [0.3, 0.4) is 0 Å². The predicted molar refractivity (Wildman–Crippen MR) is 77.3 cm³/mol. The minimum absolute atomic E-state index is 0.181. The van der Waals surface area contributed by atoms with Gasteiger partial charge < -0.3 is 5.43 Å². The minimum Gasteiger partial charge on any atom is -0.324 e. The smallest absolute Gasteiger partial charge is 0.0404 e. The normalized spacial score (nSPS) is 13.3. The van der Waals surface area contributed by atoms with Gasteiger partial charge in [-0.3, -0.25) is 4.68 Å². The summed E-state index contributed by atoms with van der Waals surface area (Å²) in [7, 11) is 0. The second-order valence-electron chi connectivity index (χ2n) is 5.57. The standard InChI is InChI=1S/C16H22N2/c1-14(17-18-11-7-8-12-18)13-16(2,3)15-9-5-4-6-10-15/h4-12,14,17H,13H2,1-3H3. The zero-order valence-corrected chi connectivity index (χ0v) is 11.4. The molecule has 96 valence electrons. The predicted octanol–water partition coefficient (Wildman–Crippen LogP) is 3.79. The molecular formula is C16H22N2. The first-order chi connectivity index (χ1) is 8.58. The molecule has 0 spiro atoms. The van der Waals surface area contributed by atoms with Crippen molar-refractivity contribution in [2.45, 2.75) is 38.6 Å². The molecule has 0 aliphatic heterocycles. The maximum Gasteiger partial charge on any atom is 0.0404 e. The Morgan fingerprint density at radius 1 is 1.06 bits per heavy atom. The Hall–Kier alpha value is -1.70. The van der Waals surface area contributed by atoms with E-state index in [0.717, 1.165) is 6.42 Å². The van der Waals surface area contributed by atoms with Crippen LogP contribution in [0.5, 0.6) is 0 Å². The van der Waals surface area contributed by atoms with Crippen LogP contribution in [0.25, 0.3) is 0 Å². The van der Waals surface area contributed by atoms with Crippen molar-refractivity contribution >= 4 is 0 Å². The summed E-state index contributed by atoms with van der Waals surface area (Å²) in [5.41, 5.74) is 5.04. The molecule has 0 fully saturated rings. The van der Waals surface area contributed by atoms with Crippen molar-refractivity contribution < 1.29 is 0 Å². The maximum atomic E-state index is 3.46. The molecule has 2 rings (SSSR count). The molecule has 0 saturated heterocycles. The van der Waals surface area contributed by atoms with E-state index in [4.69, 9.17) is 0 Å². The monoisotopic (exact) mass is 242 g/mol. The number of aromatic nitrogens is 1. The fourth-order valence-corrected chi connectivity index (χ4v) is 2.49. The summed E-state index contributed by atoms with van der Waals surface area (Å²) in [5.74, 6) is 0. The highest BCUT2D eigenvalue weighted by atomic mass is 15.4. The molecule has 1 aromatic carbocycles. The van der Waals surface area contributed by atoms with Gasteiger partial charge in [-0.05, 0) is 36.5 Å². The highest BCUT2D eigenvalue weighted by Gasteiger charge is 2.23. The Bertz CT molecular complexity index is 457. The molecule has 0 aliphatic rings. The van der Waals surface area contributed by atoms with Crippen LogP contribution >= 0.6 is 0 Å². The van der Waals surface area contributed by atoms with Crippen molar-refractivity contribution in [2.24, 2.45) is 0 Å². The maximum absolute atomic E-state index is 3.46. The van der Waals surface area contributed by atoms with Crippen LogP contribution in [-0.2, 0) is 5.41 Å². The lowest BCUT2D eigenvalue weighted by molar-refractivity contribution is 0.435. The number of hydrogen-bond acceptors (Lipinski definition) is 1. The van der Waals surface area contributed by atoms with Crippen molar-refractivity contribution in [3.63, 3.8) is 0 Å². The summed E-state index contributed by atoms with van der Waals surface area (Å²) >= 11 is 0. The Morgan fingerprint density at radius 3 is 2.28 bits per heavy atom. The Labute approximate surface area is 110 Å². The molecular weight excluding hydrogens is 220 g/mol. The van der Waals surface area contributed by atoms with E-state index < -0.39 is 0 Å². The number of hydrogen-bond donors (Lipinski definition) is 1. The third kappa shape index (κ3) is 3.16. The van der Waals surface area contributed by atoms with Gasteiger partial charge in [-0.15, -0.1) is 0 Å². The lowest BCUT2D eigenvalue weighted by Gasteiger charge is -2.29. The Kier molecular flexibility index (Phi) is 3.75. The molecule has 0 aliphatic carbocycles. The first-order valence-corrected chi connectivity index (χ1v) is 6.53. The van der Waals surface area contributed by atoms with Gasteiger partial charge in [0.1, 0.15) is 0 Å². The fraction of sp³-hybridized carbons (Fsp3) is 0.375. The van der Waals surface area contributed by atoms with Crippen LogP contribution in [0.1, 0.15) is 32.8 Å². The Balaban J connectivity index is 1.99. The van der Waals surface area contributed by atoms with Crippen LogP contribution < -0.4 is 5.43 Å². The molecule has 1 aromatic heterocycles. The van der Waals surface area contributed by atoms with Gasteiger partial charge in [-0.2, -0.15) is 0 Å². The first-order valence-electron chi connectivity index (χ1n) is 6.53. The summed E-state index contributed by atoms with van der Waals surface area (Å²) in [4.78, 5) is 0. The summed E-state index contributed by atoms with van der Waals surface area (Å²) in [5, 5.41) is 0. The lowest BCUT2D eigenvalue weighted by atomic mass is 9.79. The van der Waals surface area contributed by atoms with Gasteiger partial charge in [-0.25, -0.2) is 0 Å². The average Bonchev–Trinajstić information content (AvgIpc) is 2.82. The highest BCUT2D eigenvalue weighted by molar-refractivity contribution is 5.23. The van der Waals surface area contributed by atoms with Crippen LogP contribution in [0, 0.1) is 0 Å². The third-order valence-corrected chi connectivity index (χ3v) is 3.35. The van der Waals surface area contributed by atoms with Crippen molar-refractivity contribution in [3.05, 3.63) is 60.4 Å². The average molecular weight is 242 g/mol. The Morgan fingerprint density at radius 2 is 1.67 bits per heavy atom. The zero-order valence-electron chi connectivity index (χ0n) is 11.4. The van der Waals surface area contributed by atoms with Crippen LogP contribution in [0.2, 0.25) is 0 Å². The van der Waals surface area contributed by atoms with E-state index in [-0.39, 0.29) is 5.41 Å². The highest BCUT2D eigenvalue weighted by Crippen LogP contribution is 2.28. The van der Waals surface area contributed by atoms with Crippen molar-refractivity contribution in [1.82, 2.24) is 4.68 Å². The number of benzene rings is 1. The van der Waals surface area contributed by atoms with E-state index in [1.165, 1.54) is 5.56 Å². The summed E-state index contributed by atoms with van der Waals surface area (Å²) in [6.45, 7) is 6.83. The van der Waals surface area contributed by atoms with E-state index in [1.54, 1.807) is 0 Å². The van der Waals surface area contributed by atoms with E-state index in [2.05, 4.69) is 56.5 Å². The molecule has 1 atom stereocenters.